The Morgan fingerprint density at radius 1 is 1.08 bits per heavy atom. The molecule has 0 bridgehead atoms. The van der Waals surface area contributed by atoms with Crippen LogP contribution in [0.25, 0.3) is 0 Å². The fourth-order valence-electron chi connectivity index (χ4n) is 2.51. The number of hydrogen-bond acceptors (Lipinski definition) is 3. The van der Waals surface area contributed by atoms with Crippen LogP contribution >= 0.6 is 0 Å². The lowest BCUT2D eigenvalue weighted by Gasteiger charge is -2.32. The fraction of sp³-hybridized carbons (Fsp3) is 0.700. The summed E-state index contributed by atoms with van der Waals surface area (Å²) in [5.41, 5.74) is 1.81. The van der Waals surface area contributed by atoms with Crippen molar-refractivity contribution < 1.29 is 13.5 Å². The first-order chi connectivity index (χ1) is 11.4. The van der Waals surface area contributed by atoms with Crippen LogP contribution in [0.2, 0.25) is 0 Å². The zero-order chi connectivity index (χ0) is 18.9. The first-order valence-corrected chi connectivity index (χ1v) is 10.7. The summed E-state index contributed by atoms with van der Waals surface area (Å²) in [4.78, 5) is 0. The Morgan fingerprint density at radius 2 is 1.68 bits per heavy atom. The highest BCUT2D eigenvalue weighted by atomic mass is 32.2. The van der Waals surface area contributed by atoms with Gasteiger partial charge in [0.1, 0.15) is 24.0 Å². The molecule has 0 N–H and O–H groups in total. The molecule has 0 aromatic heterocycles. The van der Waals surface area contributed by atoms with E-state index in [4.69, 9.17) is 13.5 Å². The average Bonchev–Trinajstić information content (AvgIpc) is 2.71. The van der Waals surface area contributed by atoms with E-state index in [1.807, 2.05) is 0 Å². The van der Waals surface area contributed by atoms with Crippen molar-refractivity contribution in [1.29, 1.82) is 0 Å². The van der Waals surface area contributed by atoms with E-state index in [2.05, 4.69) is 79.0 Å². The Balaban J connectivity index is 1.90. The molecule has 1 heterocycles. The van der Waals surface area contributed by atoms with Crippen molar-refractivity contribution in [3.8, 4) is 0 Å². The second kappa shape index (κ2) is 7.63. The lowest BCUT2D eigenvalue weighted by Crippen LogP contribution is -2.41. The molecule has 1 aliphatic heterocycles. The standard InChI is InChI=1S/C20H34BO3S/c1-18(2,3)25(8)22-14-10-12-16-11-9-13-17(15-16)21-23-19(4,5)20(6,7)24-21/h9,11,13,15H,10,12,14H2,1-8H3/q+1. The van der Waals surface area contributed by atoms with Crippen molar-refractivity contribution in [3.05, 3.63) is 29.8 Å². The number of aryl methyl sites for hydroxylation is 1. The van der Waals surface area contributed by atoms with Crippen LogP contribution in [0.1, 0.15) is 60.5 Å². The summed E-state index contributed by atoms with van der Waals surface area (Å²) >= 11 is -0.00899. The minimum Gasteiger partial charge on any atom is -0.399 e. The molecule has 0 saturated carbocycles. The number of hydrogen-bond donors (Lipinski definition) is 0. The van der Waals surface area contributed by atoms with E-state index >= 15 is 0 Å². The maximum atomic E-state index is 6.15. The topological polar surface area (TPSA) is 27.7 Å². The molecule has 1 aromatic rings. The average molecular weight is 365 g/mol. The van der Waals surface area contributed by atoms with E-state index in [-0.39, 0.29) is 34.2 Å². The zero-order valence-electron chi connectivity index (χ0n) is 17.1. The van der Waals surface area contributed by atoms with E-state index in [0.29, 0.717) is 0 Å². The van der Waals surface area contributed by atoms with E-state index in [1.165, 1.54) is 5.56 Å². The summed E-state index contributed by atoms with van der Waals surface area (Å²) < 4.78 is 18.5. The molecule has 1 unspecified atom stereocenters. The van der Waals surface area contributed by atoms with Gasteiger partial charge in [-0.1, -0.05) is 24.3 Å². The first kappa shape index (κ1) is 20.8. The third-order valence-electron chi connectivity index (χ3n) is 5.21. The maximum absolute atomic E-state index is 6.15. The fourth-order valence-corrected chi connectivity index (χ4v) is 3.23. The van der Waals surface area contributed by atoms with E-state index < -0.39 is 0 Å². The molecular weight excluding hydrogens is 331 g/mol. The van der Waals surface area contributed by atoms with Gasteiger partial charge in [-0.25, -0.2) is 0 Å². The van der Waals surface area contributed by atoms with Gasteiger partial charge in [-0.05, 0) is 72.3 Å². The quantitative estimate of drug-likeness (QED) is 0.435. The highest BCUT2D eigenvalue weighted by molar-refractivity contribution is 7.93. The number of rotatable bonds is 6. The molecule has 0 aliphatic carbocycles. The summed E-state index contributed by atoms with van der Waals surface area (Å²) in [6, 6.07) is 8.56. The van der Waals surface area contributed by atoms with Gasteiger partial charge in [-0.3, -0.25) is 0 Å². The van der Waals surface area contributed by atoms with Crippen molar-refractivity contribution in [2.45, 2.75) is 77.3 Å². The molecule has 140 valence electrons. The van der Waals surface area contributed by atoms with Crippen molar-refractivity contribution in [2.75, 3.05) is 12.9 Å². The van der Waals surface area contributed by atoms with Gasteiger partial charge in [0, 0.05) is 0 Å². The van der Waals surface area contributed by atoms with Gasteiger partial charge < -0.3 is 9.31 Å². The van der Waals surface area contributed by atoms with Gasteiger partial charge in [-0.2, -0.15) is 4.18 Å². The summed E-state index contributed by atoms with van der Waals surface area (Å²) in [5, 5.41) is 0. The molecule has 0 spiro atoms. The second-order valence-electron chi connectivity index (χ2n) is 8.83. The predicted molar refractivity (Wildman–Crippen MR) is 109 cm³/mol. The van der Waals surface area contributed by atoms with Gasteiger partial charge in [0.2, 0.25) is 0 Å². The number of benzene rings is 1. The molecular formula is C20H34BO3S+. The Labute approximate surface area is 157 Å². The monoisotopic (exact) mass is 365 g/mol. The molecule has 25 heavy (non-hydrogen) atoms. The van der Waals surface area contributed by atoms with Gasteiger partial charge in [0.25, 0.3) is 0 Å². The lowest BCUT2D eigenvalue weighted by molar-refractivity contribution is 0.00578. The highest BCUT2D eigenvalue weighted by Gasteiger charge is 2.51. The zero-order valence-corrected chi connectivity index (χ0v) is 18.0. The molecule has 1 aliphatic rings. The molecule has 2 rings (SSSR count). The van der Waals surface area contributed by atoms with Crippen LogP contribution in [0.3, 0.4) is 0 Å². The van der Waals surface area contributed by atoms with Crippen LogP contribution < -0.4 is 5.46 Å². The van der Waals surface area contributed by atoms with Crippen LogP contribution in [0, 0.1) is 0 Å². The molecule has 5 heteroatoms. The summed E-state index contributed by atoms with van der Waals surface area (Å²) in [6.45, 7) is 15.8. The largest absolute Gasteiger partial charge is 0.494 e. The normalized spacial score (nSPS) is 20.7. The van der Waals surface area contributed by atoms with E-state index in [9.17, 15) is 0 Å². The summed E-state index contributed by atoms with van der Waals surface area (Å²) in [5.74, 6) is 0. The third-order valence-corrected chi connectivity index (χ3v) is 7.45. The Hall–Kier alpha value is -0.485. The first-order valence-electron chi connectivity index (χ1n) is 9.16. The van der Waals surface area contributed by atoms with Crippen LogP contribution in [0.5, 0.6) is 0 Å². The van der Waals surface area contributed by atoms with Gasteiger partial charge in [0.15, 0.2) is 4.75 Å². The van der Waals surface area contributed by atoms with Crippen LogP contribution in [0.15, 0.2) is 24.3 Å². The summed E-state index contributed by atoms with van der Waals surface area (Å²) in [7, 11) is -0.288. The van der Waals surface area contributed by atoms with E-state index in [0.717, 1.165) is 24.9 Å². The predicted octanol–water partition coefficient (Wildman–Crippen LogP) is 3.90. The summed E-state index contributed by atoms with van der Waals surface area (Å²) in [6.07, 6.45) is 4.22. The Bertz CT molecular complexity index is 565. The Morgan fingerprint density at radius 3 is 2.24 bits per heavy atom. The van der Waals surface area contributed by atoms with Crippen molar-refractivity contribution in [3.63, 3.8) is 0 Å². The molecule has 1 fully saturated rings. The molecule has 1 aromatic carbocycles. The van der Waals surface area contributed by atoms with Crippen LogP contribution in [-0.2, 0) is 31.1 Å². The smallest absolute Gasteiger partial charge is 0.399 e. The van der Waals surface area contributed by atoms with Gasteiger partial charge in [0.05, 0.1) is 11.2 Å². The molecule has 0 amide bonds. The van der Waals surface area contributed by atoms with Gasteiger partial charge >= 0.3 is 7.12 Å². The molecule has 1 saturated heterocycles. The van der Waals surface area contributed by atoms with Crippen molar-refractivity contribution in [1.82, 2.24) is 0 Å². The minimum atomic E-state index is -0.300. The molecule has 0 radical (unpaired) electrons. The van der Waals surface area contributed by atoms with E-state index in [1.54, 1.807) is 0 Å². The minimum absolute atomic E-state index is 0.00899. The van der Waals surface area contributed by atoms with Crippen molar-refractivity contribution >= 4 is 23.8 Å². The maximum Gasteiger partial charge on any atom is 0.494 e. The van der Waals surface area contributed by atoms with Crippen LogP contribution in [0.4, 0.5) is 0 Å². The Kier molecular flexibility index (Phi) is 6.36. The molecule has 1 atom stereocenters. The van der Waals surface area contributed by atoms with Crippen LogP contribution in [-0.4, -0.2) is 35.9 Å². The van der Waals surface area contributed by atoms with Crippen molar-refractivity contribution in [2.24, 2.45) is 0 Å². The van der Waals surface area contributed by atoms with Gasteiger partial charge in [-0.15, -0.1) is 0 Å². The highest BCUT2D eigenvalue weighted by Crippen LogP contribution is 2.36. The SMILES string of the molecule is C[S+](OCCCc1cccc(B2OC(C)(C)C(C)(C)O2)c1)C(C)(C)C. The second-order valence-corrected chi connectivity index (χ2v) is 11.2. The molecule has 3 nitrogen and oxygen atoms in total. The third kappa shape index (κ3) is 5.25. The lowest BCUT2D eigenvalue weighted by atomic mass is 9.78.